The molecule has 1 unspecified atom stereocenters. The van der Waals surface area contributed by atoms with Crippen LogP contribution in [-0.4, -0.2) is 19.3 Å². The molecule has 0 aliphatic heterocycles. The maximum Gasteiger partial charge on any atom is 0.0872 e. The molecule has 0 saturated heterocycles. The Balaban J connectivity index is 2.21. The van der Waals surface area contributed by atoms with Gasteiger partial charge in [-0.15, -0.1) is 0 Å². The van der Waals surface area contributed by atoms with Crippen LogP contribution >= 0.6 is 0 Å². The summed E-state index contributed by atoms with van der Waals surface area (Å²) >= 11 is 0. The Bertz CT molecular complexity index is 362. The van der Waals surface area contributed by atoms with Gasteiger partial charge in [0.2, 0.25) is 0 Å². The van der Waals surface area contributed by atoms with E-state index in [4.69, 9.17) is 4.74 Å². The first-order chi connectivity index (χ1) is 8.72. The van der Waals surface area contributed by atoms with Crippen molar-refractivity contribution in [2.45, 2.75) is 51.2 Å². The molecule has 2 nitrogen and oxygen atoms in total. The van der Waals surface area contributed by atoms with E-state index in [0.717, 1.165) is 13.0 Å². The SMILES string of the molecule is CCCNC(c1ccc(C)cc1)C1(OC)CCC1. The molecule has 1 aromatic carbocycles. The molecule has 1 fully saturated rings. The average molecular weight is 247 g/mol. The van der Waals surface area contributed by atoms with Crippen LogP contribution < -0.4 is 5.32 Å². The van der Waals surface area contributed by atoms with E-state index in [1.807, 2.05) is 7.11 Å². The Hall–Kier alpha value is -0.860. The van der Waals surface area contributed by atoms with E-state index >= 15 is 0 Å². The van der Waals surface area contributed by atoms with Gasteiger partial charge in [0.1, 0.15) is 0 Å². The third kappa shape index (κ3) is 2.60. The zero-order valence-corrected chi connectivity index (χ0v) is 11.8. The van der Waals surface area contributed by atoms with Crippen LogP contribution in [0, 0.1) is 6.92 Å². The second-order valence-electron chi connectivity index (χ2n) is 5.42. The molecule has 18 heavy (non-hydrogen) atoms. The molecule has 0 heterocycles. The summed E-state index contributed by atoms with van der Waals surface area (Å²) in [6.07, 6.45) is 4.77. The highest BCUT2D eigenvalue weighted by molar-refractivity contribution is 5.27. The van der Waals surface area contributed by atoms with E-state index in [1.165, 1.54) is 30.4 Å². The van der Waals surface area contributed by atoms with Gasteiger partial charge in [0.15, 0.2) is 0 Å². The lowest BCUT2D eigenvalue weighted by molar-refractivity contribution is -0.0997. The van der Waals surface area contributed by atoms with Gasteiger partial charge in [0.25, 0.3) is 0 Å². The summed E-state index contributed by atoms with van der Waals surface area (Å²) in [4.78, 5) is 0. The molecule has 1 saturated carbocycles. The summed E-state index contributed by atoms with van der Waals surface area (Å²) < 4.78 is 5.86. The third-order valence-electron chi connectivity index (χ3n) is 4.14. The summed E-state index contributed by atoms with van der Waals surface area (Å²) in [7, 11) is 1.86. The lowest BCUT2D eigenvalue weighted by Crippen LogP contribution is -2.50. The van der Waals surface area contributed by atoms with Crippen molar-refractivity contribution in [3.8, 4) is 0 Å². The van der Waals surface area contributed by atoms with Crippen LogP contribution in [0.5, 0.6) is 0 Å². The smallest absolute Gasteiger partial charge is 0.0872 e. The normalized spacial score (nSPS) is 19.3. The Morgan fingerprint density at radius 2 is 1.94 bits per heavy atom. The van der Waals surface area contributed by atoms with E-state index in [1.54, 1.807) is 0 Å². The summed E-state index contributed by atoms with van der Waals surface area (Å²) in [5.74, 6) is 0. The van der Waals surface area contributed by atoms with Gasteiger partial charge in [0.05, 0.1) is 11.6 Å². The van der Waals surface area contributed by atoms with Crippen molar-refractivity contribution in [1.29, 1.82) is 0 Å². The van der Waals surface area contributed by atoms with Crippen LogP contribution in [0.2, 0.25) is 0 Å². The van der Waals surface area contributed by atoms with Gasteiger partial charge >= 0.3 is 0 Å². The van der Waals surface area contributed by atoms with E-state index in [0.29, 0.717) is 6.04 Å². The van der Waals surface area contributed by atoms with Crippen molar-refractivity contribution in [3.63, 3.8) is 0 Å². The first kappa shape index (κ1) is 13.6. The highest BCUT2D eigenvalue weighted by atomic mass is 16.5. The van der Waals surface area contributed by atoms with Gasteiger partial charge in [-0.2, -0.15) is 0 Å². The van der Waals surface area contributed by atoms with Crippen molar-refractivity contribution >= 4 is 0 Å². The van der Waals surface area contributed by atoms with Crippen LogP contribution in [0.25, 0.3) is 0 Å². The summed E-state index contributed by atoms with van der Waals surface area (Å²) in [6, 6.07) is 9.19. The number of hydrogen-bond acceptors (Lipinski definition) is 2. The Kier molecular flexibility index (Phi) is 4.41. The minimum Gasteiger partial charge on any atom is -0.376 e. The number of hydrogen-bond donors (Lipinski definition) is 1. The highest BCUT2D eigenvalue weighted by Gasteiger charge is 2.44. The first-order valence-electron chi connectivity index (χ1n) is 7.07. The molecular formula is C16H25NO. The van der Waals surface area contributed by atoms with Crippen molar-refractivity contribution < 1.29 is 4.74 Å². The molecule has 2 rings (SSSR count). The van der Waals surface area contributed by atoms with Crippen molar-refractivity contribution in [1.82, 2.24) is 5.32 Å². The summed E-state index contributed by atoms with van der Waals surface area (Å²) in [6.45, 7) is 5.39. The topological polar surface area (TPSA) is 21.3 Å². The minimum absolute atomic E-state index is 0.0183. The molecule has 1 aromatic rings. The maximum absolute atomic E-state index is 5.86. The van der Waals surface area contributed by atoms with Gasteiger partial charge in [-0.1, -0.05) is 36.8 Å². The van der Waals surface area contributed by atoms with Crippen LogP contribution in [0.3, 0.4) is 0 Å². The first-order valence-corrected chi connectivity index (χ1v) is 7.07. The molecule has 2 heteroatoms. The third-order valence-corrected chi connectivity index (χ3v) is 4.14. The summed E-state index contributed by atoms with van der Waals surface area (Å²) in [5.41, 5.74) is 2.69. The average Bonchev–Trinajstić information content (AvgIpc) is 2.34. The molecule has 0 bridgehead atoms. The predicted octanol–water partition coefficient (Wildman–Crippen LogP) is 3.60. The number of methoxy groups -OCH3 is 1. The molecule has 1 atom stereocenters. The minimum atomic E-state index is 0.0183. The predicted molar refractivity (Wildman–Crippen MR) is 75.8 cm³/mol. The molecule has 0 radical (unpaired) electrons. The van der Waals surface area contributed by atoms with Gasteiger partial charge in [-0.3, -0.25) is 0 Å². The largest absolute Gasteiger partial charge is 0.376 e. The molecule has 0 spiro atoms. The van der Waals surface area contributed by atoms with E-state index in [2.05, 4.69) is 43.4 Å². The second-order valence-corrected chi connectivity index (χ2v) is 5.42. The highest BCUT2D eigenvalue weighted by Crippen LogP contribution is 2.44. The molecule has 100 valence electrons. The Morgan fingerprint density at radius 1 is 1.28 bits per heavy atom. The quantitative estimate of drug-likeness (QED) is 0.829. The van der Waals surface area contributed by atoms with Crippen LogP contribution in [0.15, 0.2) is 24.3 Å². The number of nitrogens with one attached hydrogen (secondary N) is 1. The number of ether oxygens (including phenoxy) is 1. The molecule has 0 aromatic heterocycles. The lowest BCUT2D eigenvalue weighted by Gasteiger charge is -2.47. The standard InChI is InChI=1S/C16H25NO/c1-4-12-17-15(16(18-3)10-5-11-16)14-8-6-13(2)7-9-14/h6-9,15,17H,4-5,10-12H2,1-3H3. The fourth-order valence-corrected chi connectivity index (χ4v) is 2.79. The molecule has 1 aliphatic carbocycles. The van der Waals surface area contributed by atoms with Gasteiger partial charge < -0.3 is 10.1 Å². The molecule has 1 aliphatic rings. The van der Waals surface area contributed by atoms with Gasteiger partial charge in [-0.25, -0.2) is 0 Å². The van der Waals surface area contributed by atoms with Crippen LogP contribution in [0.1, 0.15) is 49.8 Å². The Labute approximate surface area is 111 Å². The zero-order chi connectivity index (χ0) is 13.0. The van der Waals surface area contributed by atoms with Crippen LogP contribution in [0.4, 0.5) is 0 Å². The van der Waals surface area contributed by atoms with Crippen molar-refractivity contribution in [2.75, 3.05) is 13.7 Å². The lowest BCUT2D eigenvalue weighted by atomic mass is 9.72. The second kappa shape index (κ2) is 5.85. The fourth-order valence-electron chi connectivity index (χ4n) is 2.79. The molecular weight excluding hydrogens is 222 g/mol. The number of aryl methyl sites for hydroxylation is 1. The number of benzene rings is 1. The monoisotopic (exact) mass is 247 g/mol. The van der Waals surface area contributed by atoms with Crippen molar-refractivity contribution in [2.24, 2.45) is 0 Å². The Morgan fingerprint density at radius 3 is 2.39 bits per heavy atom. The fraction of sp³-hybridized carbons (Fsp3) is 0.625. The molecule has 0 amide bonds. The van der Waals surface area contributed by atoms with E-state index < -0.39 is 0 Å². The van der Waals surface area contributed by atoms with Crippen LogP contribution in [-0.2, 0) is 4.74 Å². The summed E-state index contributed by atoms with van der Waals surface area (Å²) in [5, 5.41) is 3.67. The van der Waals surface area contributed by atoms with Gasteiger partial charge in [0, 0.05) is 7.11 Å². The molecule has 1 N–H and O–H groups in total. The number of rotatable bonds is 6. The van der Waals surface area contributed by atoms with E-state index in [-0.39, 0.29) is 5.60 Å². The zero-order valence-electron chi connectivity index (χ0n) is 11.8. The van der Waals surface area contributed by atoms with Crippen molar-refractivity contribution in [3.05, 3.63) is 35.4 Å². The van der Waals surface area contributed by atoms with Gasteiger partial charge in [-0.05, 0) is 44.7 Å². The van der Waals surface area contributed by atoms with E-state index in [9.17, 15) is 0 Å². The maximum atomic E-state index is 5.86.